The summed E-state index contributed by atoms with van der Waals surface area (Å²) in [5, 5.41) is 5.72. The number of anilines is 2. The van der Waals surface area contributed by atoms with Crippen LogP contribution in [0, 0.1) is 13.8 Å². The van der Waals surface area contributed by atoms with Gasteiger partial charge in [0.2, 0.25) is 5.91 Å². The Bertz CT molecular complexity index is 1530. The standard InChI is InChI=1S/C28H29N3O5S2/c1-5-36-24-12-10-23(11-13-24)31(38(33,34)27-15-19(2)9-14-26(27)35-4)17-28(32)30-22-8-6-7-21(16-22)25-18-37-20(3)29-25/h6-16,18H,5,17H2,1-4H3,(H,30,32). The zero-order chi connectivity index (χ0) is 27.3. The van der Waals surface area contributed by atoms with Crippen LogP contribution in [0.1, 0.15) is 17.5 Å². The highest BCUT2D eigenvalue weighted by atomic mass is 32.2. The van der Waals surface area contributed by atoms with Crippen LogP contribution in [0.15, 0.2) is 77.0 Å². The van der Waals surface area contributed by atoms with Crippen molar-refractivity contribution in [2.24, 2.45) is 0 Å². The molecule has 8 nitrogen and oxygen atoms in total. The number of aryl methyl sites for hydroxylation is 2. The minimum Gasteiger partial charge on any atom is -0.495 e. The molecule has 0 atom stereocenters. The van der Waals surface area contributed by atoms with E-state index in [1.54, 1.807) is 60.7 Å². The monoisotopic (exact) mass is 551 g/mol. The molecular weight excluding hydrogens is 522 g/mol. The van der Waals surface area contributed by atoms with Gasteiger partial charge in [0.25, 0.3) is 10.0 Å². The van der Waals surface area contributed by atoms with E-state index in [-0.39, 0.29) is 10.6 Å². The van der Waals surface area contributed by atoms with Crippen molar-refractivity contribution in [3.05, 3.63) is 82.7 Å². The highest BCUT2D eigenvalue weighted by Gasteiger charge is 2.30. The summed E-state index contributed by atoms with van der Waals surface area (Å²) < 4.78 is 39.8. The minimum atomic E-state index is -4.18. The molecule has 0 fully saturated rings. The number of thiazole rings is 1. The number of carbonyl (C=O) groups is 1. The zero-order valence-electron chi connectivity index (χ0n) is 21.6. The fraction of sp³-hybridized carbons (Fsp3) is 0.214. The summed E-state index contributed by atoms with van der Waals surface area (Å²) >= 11 is 1.54. The van der Waals surface area contributed by atoms with E-state index in [0.717, 1.165) is 26.1 Å². The molecule has 3 aromatic carbocycles. The predicted octanol–water partition coefficient (Wildman–Crippen LogP) is 5.67. The molecule has 4 aromatic rings. The van der Waals surface area contributed by atoms with Crippen LogP contribution in [0.2, 0.25) is 0 Å². The van der Waals surface area contributed by atoms with Gasteiger partial charge in [-0.15, -0.1) is 11.3 Å². The molecule has 0 saturated carbocycles. The summed E-state index contributed by atoms with van der Waals surface area (Å²) in [5.74, 6) is 0.291. The van der Waals surface area contributed by atoms with Crippen molar-refractivity contribution < 1.29 is 22.7 Å². The molecule has 0 aliphatic heterocycles. The van der Waals surface area contributed by atoms with Gasteiger partial charge in [0.05, 0.1) is 30.1 Å². The second kappa shape index (κ2) is 11.7. The zero-order valence-corrected chi connectivity index (χ0v) is 23.2. The van der Waals surface area contributed by atoms with Gasteiger partial charge in [-0.05, 0) is 74.9 Å². The molecule has 0 saturated heterocycles. The number of carbonyl (C=O) groups excluding carboxylic acids is 1. The Kier molecular flexibility index (Phi) is 8.33. The number of methoxy groups -OCH3 is 1. The Hall–Kier alpha value is -3.89. The van der Waals surface area contributed by atoms with Crippen molar-refractivity contribution in [2.45, 2.75) is 25.7 Å². The maximum Gasteiger partial charge on any atom is 0.268 e. The Morgan fingerprint density at radius 3 is 2.47 bits per heavy atom. The average Bonchev–Trinajstić information content (AvgIpc) is 3.34. The van der Waals surface area contributed by atoms with E-state index in [1.165, 1.54) is 13.2 Å². The van der Waals surface area contributed by atoms with Crippen molar-refractivity contribution in [1.29, 1.82) is 0 Å². The summed E-state index contributed by atoms with van der Waals surface area (Å²) in [7, 11) is -2.77. The number of aromatic nitrogens is 1. The maximum atomic E-state index is 13.9. The normalized spacial score (nSPS) is 11.2. The van der Waals surface area contributed by atoms with Crippen LogP contribution in [-0.2, 0) is 14.8 Å². The summed E-state index contributed by atoms with van der Waals surface area (Å²) in [6.07, 6.45) is 0. The van der Waals surface area contributed by atoms with Crippen molar-refractivity contribution in [2.75, 3.05) is 29.9 Å². The van der Waals surface area contributed by atoms with E-state index in [0.29, 0.717) is 23.7 Å². The van der Waals surface area contributed by atoms with Gasteiger partial charge in [0.15, 0.2) is 0 Å². The van der Waals surface area contributed by atoms with Crippen LogP contribution < -0.4 is 19.1 Å². The van der Waals surface area contributed by atoms with Gasteiger partial charge in [-0.1, -0.05) is 18.2 Å². The summed E-state index contributed by atoms with van der Waals surface area (Å²) in [5.41, 5.74) is 3.27. The van der Waals surface area contributed by atoms with Gasteiger partial charge in [-0.25, -0.2) is 13.4 Å². The van der Waals surface area contributed by atoms with E-state index in [9.17, 15) is 13.2 Å². The molecule has 1 amide bonds. The van der Waals surface area contributed by atoms with E-state index >= 15 is 0 Å². The third-order valence-electron chi connectivity index (χ3n) is 5.67. The quantitative estimate of drug-likeness (QED) is 0.273. The van der Waals surface area contributed by atoms with Gasteiger partial charge in [-0.3, -0.25) is 9.10 Å². The van der Waals surface area contributed by atoms with Crippen molar-refractivity contribution in [1.82, 2.24) is 4.98 Å². The van der Waals surface area contributed by atoms with Gasteiger partial charge in [-0.2, -0.15) is 0 Å². The van der Waals surface area contributed by atoms with E-state index in [4.69, 9.17) is 9.47 Å². The SMILES string of the molecule is CCOc1ccc(N(CC(=O)Nc2cccc(-c3csc(C)n3)c2)S(=O)(=O)c2cc(C)ccc2OC)cc1. The Morgan fingerprint density at radius 1 is 1.05 bits per heavy atom. The smallest absolute Gasteiger partial charge is 0.268 e. The summed E-state index contributed by atoms with van der Waals surface area (Å²) in [6, 6.07) is 18.8. The lowest BCUT2D eigenvalue weighted by molar-refractivity contribution is -0.114. The fourth-order valence-electron chi connectivity index (χ4n) is 3.88. The van der Waals surface area contributed by atoms with Crippen molar-refractivity contribution >= 4 is 38.6 Å². The van der Waals surface area contributed by atoms with Crippen LogP contribution in [0.5, 0.6) is 11.5 Å². The highest BCUT2D eigenvalue weighted by molar-refractivity contribution is 7.93. The van der Waals surface area contributed by atoms with Crippen molar-refractivity contribution in [3.8, 4) is 22.8 Å². The number of benzene rings is 3. The lowest BCUT2D eigenvalue weighted by Gasteiger charge is -2.25. The van der Waals surface area contributed by atoms with E-state index < -0.39 is 22.5 Å². The van der Waals surface area contributed by atoms with Crippen LogP contribution in [0.4, 0.5) is 11.4 Å². The first-order valence-electron chi connectivity index (χ1n) is 11.9. The second-order valence-electron chi connectivity index (χ2n) is 8.47. The number of rotatable bonds is 10. The topological polar surface area (TPSA) is 97.8 Å². The maximum absolute atomic E-state index is 13.9. The van der Waals surface area contributed by atoms with Crippen LogP contribution in [0.25, 0.3) is 11.3 Å². The third-order valence-corrected chi connectivity index (χ3v) is 8.24. The first-order chi connectivity index (χ1) is 18.2. The summed E-state index contributed by atoms with van der Waals surface area (Å²) in [4.78, 5) is 17.7. The van der Waals surface area contributed by atoms with E-state index in [1.807, 2.05) is 37.4 Å². The second-order valence-corrected chi connectivity index (χ2v) is 11.4. The Balaban J connectivity index is 1.66. The van der Waals surface area contributed by atoms with Gasteiger partial charge >= 0.3 is 0 Å². The molecule has 0 aliphatic rings. The van der Waals surface area contributed by atoms with Crippen LogP contribution >= 0.6 is 11.3 Å². The van der Waals surface area contributed by atoms with Gasteiger partial charge in [0, 0.05) is 16.6 Å². The molecule has 198 valence electrons. The largest absolute Gasteiger partial charge is 0.495 e. The number of nitrogens with one attached hydrogen (secondary N) is 1. The summed E-state index contributed by atoms with van der Waals surface area (Å²) in [6.45, 7) is 5.61. The molecule has 0 unspecified atom stereocenters. The number of hydrogen-bond acceptors (Lipinski definition) is 7. The molecule has 1 heterocycles. The molecular formula is C28H29N3O5S2. The van der Waals surface area contributed by atoms with Crippen LogP contribution in [-0.4, -0.2) is 39.6 Å². The molecule has 0 aliphatic carbocycles. The number of amides is 1. The average molecular weight is 552 g/mol. The predicted molar refractivity (Wildman–Crippen MR) is 151 cm³/mol. The van der Waals surface area contributed by atoms with Gasteiger partial charge < -0.3 is 14.8 Å². The lowest BCUT2D eigenvalue weighted by atomic mass is 10.1. The lowest BCUT2D eigenvalue weighted by Crippen LogP contribution is -2.38. The first-order valence-corrected chi connectivity index (χ1v) is 14.3. The number of hydrogen-bond donors (Lipinski definition) is 1. The Morgan fingerprint density at radius 2 is 1.82 bits per heavy atom. The van der Waals surface area contributed by atoms with Gasteiger partial charge in [0.1, 0.15) is 22.9 Å². The molecule has 1 N–H and O–H groups in total. The molecule has 0 bridgehead atoms. The number of sulfonamides is 1. The number of nitrogens with zero attached hydrogens (tertiary/aromatic N) is 2. The molecule has 0 spiro atoms. The van der Waals surface area contributed by atoms with Crippen molar-refractivity contribution in [3.63, 3.8) is 0 Å². The molecule has 4 rings (SSSR count). The first kappa shape index (κ1) is 27.2. The van der Waals surface area contributed by atoms with E-state index in [2.05, 4.69) is 10.3 Å². The van der Waals surface area contributed by atoms with Crippen LogP contribution in [0.3, 0.4) is 0 Å². The molecule has 10 heteroatoms. The molecule has 1 aromatic heterocycles. The number of ether oxygens (including phenoxy) is 2. The minimum absolute atomic E-state index is 0.0254. The highest BCUT2D eigenvalue weighted by Crippen LogP contribution is 2.32. The Labute approximate surface area is 226 Å². The molecule has 38 heavy (non-hydrogen) atoms. The molecule has 0 radical (unpaired) electrons. The fourth-order valence-corrected chi connectivity index (χ4v) is 6.16. The third kappa shape index (κ3) is 6.15.